The van der Waals surface area contributed by atoms with E-state index < -0.39 is 23.4 Å². The Labute approximate surface area is 206 Å². The number of alkyl carbamates (subject to hydrolysis) is 1. The summed E-state index contributed by atoms with van der Waals surface area (Å²) >= 11 is 0. The number of rotatable bonds is 8. The molecule has 2 aliphatic rings. The molecule has 186 valence electrons. The summed E-state index contributed by atoms with van der Waals surface area (Å²) in [6, 6.07) is 16.1. The van der Waals surface area contributed by atoms with Crippen LogP contribution in [0.15, 0.2) is 48.5 Å². The topological polar surface area (TPSA) is 95.9 Å². The number of carboxylic acids is 1. The van der Waals surface area contributed by atoms with Crippen molar-refractivity contribution in [3.05, 3.63) is 59.7 Å². The van der Waals surface area contributed by atoms with Gasteiger partial charge in [-0.3, -0.25) is 9.59 Å². The number of benzene rings is 2. The molecule has 2 N–H and O–H groups in total. The first-order valence-corrected chi connectivity index (χ1v) is 12.3. The normalized spacial score (nSPS) is 19.2. The number of carboxylic acid groups (broad SMARTS) is 1. The van der Waals surface area contributed by atoms with Crippen LogP contribution in [-0.4, -0.2) is 53.7 Å². The number of likely N-dealkylation sites (tertiary alicyclic amines) is 1. The van der Waals surface area contributed by atoms with Crippen LogP contribution in [-0.2, 0) is 14.3 Å². The van der Waals surface area contributed by atoms with Gasteiger partial charge in [-0.15, -0.1) is 0 Å². The molecule has 1 fully saturated rings. The molecule has 1 aliphatic carbocycles. The van der Waals surface area contributed by atoms with Gasteiger partial charge in [-0.05, 0) is 40.5 Å². The minimum atomic E-state index is -0.844. The van der Waals surface area contributed by atoms with Crippen molar-refractivity contribution in [1.82, 2.24) is 10.2 Å². The molecule has 1 aliphatic heterocycles. The lowest BCUT2D eigenvalue weighted by atomic mass is 9.88. The van der Waals surface area contributed by atoms with Gasteiger partial charge in [-0.2, -0.15) is 0 Å². The zero-order valence-electron chi connectivity index (χ0n) is 20.6. The van der Waals surface area contributed by atoms with Gasteiger partial charge in [0.2, 0.25) is 5.91 Å². The number of amides is 2. The zero-order chi connectivity index (χ0) is 25.2. The van der Waals surface area contributed by atoms with Crippen LogP contribution in [0.1, 0.15) is 57.1 Å². The Morgan fingerprint density at radius 1 is 1.06 bits per heavy atom. The fourth-order valence-corrected chi connectivity index (χ4v) is 5.49. The standard InChI is InChI=1S/C28H34N2O5/c1-4-24-22(26(32)33)13-14-30(24)25(31)15-28(2,3)17-29-27(34)35-16-23-20-11-7-5-9-18(20)19-10-6-8-12-21(19)23/h5-12,22-24H,4,13-17H2,1-3H3,(H,29,34)(H,32,33). The molecule has 2 unspecified atom stereocenters. The molecule has 1 heterocycles. The number of fused-ring (bicyclic) bond motifs is 3. The van der Waals surface area contributed by atoms with Crippen LogP contribution in [0.5, 0.6) is 0 Å². The third-order valence-electron chi connectivity index (χ3n) is 7.29. The molecule has 35 heavy (non-hydrogen) atoms. The van der Waals surface area contributed by atoms with E-state index in [0.29, 0.717) is 19.4 Å². The molecule has 0 bridgehead atoms. The average Bonchev–Trinajstić information content (AvgIpc) is 3.41. The van der Waals surface area contributed by atoms with Crippen molar-refractivity contribution in [3.63, 3.8) is 0 Å². The second kappa shape index (κ2) is 10.1. The number of nitrogens with one attached hydrogen (secondary N) is 1. The summed E-state index contributed by atoms with van der Waals surface area (Å²) in [5.74, 6) is -1.43. The van der Waals surface area contributed by atoms with Crippen LogP contribution in [0.2, 0.25) is 0 Å². The number of ether oxygens (including phenoxy) is 1. The molecule has 7 nitrogen and oxygen atoms in total. The Bertz CT molecular complexity index is 1070. The molecule has 2 aromatic carbocycles. The molecular weight excluding hydrogens is 444 g/mol. The lowest BCUT2D eigenvalue weighted by molar-refractivity contribution is -0.143. The Morgan fingerprint density at radius 3 is 2.23 bits per heavy atom. The van der Waals surface area contributed by atoms with E-state index in [4.69, 9.17) is 4.74 Å². The van der Waals surface area contributed by atoms with Crippen LogP contribution < -0.4 is 5.32 Å². The molecule has 2 amide bonds. The number of carbonyl (C=O) groups excluding carboxylic acids is 2. The summed E-state index contributed by atoms with van der Waals surface area (Å²) in [6.45, 7) is 6.73. The van der Waals surface area contributed by atoms with Crippen LogP contribution in [0.4, 0.5) is 4.79 Å². The first-order valence-electron chi connectivity index (χ1n) is 12.3. The lowest BCUT2D eigenvalue weighted by Crippen LogP contribution is -2.43. The van der Waals surface area contributed by atoms with Gasteiger partial charge < -0.3 is 20.1 Å². The summed E-state index contributed by atoms with van der Waals surface area (Å²) in [4.78, 5) is 38.7. The molecule has 2 atom stereocenters. The average molecular weight is 479 g/mol. The molecule has 2 aromatic rings. The largest absolute Gasteiger partial charge is 0.481 e. The van der Waals surface area contributed by atoms with E-state index in [9.17, 15) is 19.5 Å². The van der Waals surface area contributed by atoms with Gasteiger partial charge in [0.25, 0.3) is 0 Å². The number of nitrogens with zero attached hydrogens (tertiary/aromatic N) is 1. The number of aliphatic carboxylic acids is 1. The van der Waals surface area contributed by atoms with Crippen molar-refractivity contribution in [1.29, 1.82) is 0 Å². The molecule has 0 aromatic heterocycles. The highest BCUT2D eigenvalue weighted by molar-refractivity contribution is 5.80. The van der Waals surface area contributed by atoms with Crippen LogP contribution in [0, 0.1) is 11.3 Å². The molecular formula is C28H34N2O5. The van der Waals surface area contributed by atoms with Crippen molar-refractivity contribution in [2.75, 3.05) is 19.7 Å². The molecule has 0 spiro atoms. The summed E-state index contributed by atoms with van der Waals surface area (Å²) < 4.78 is 5.60. The predicted octanol–water partition coefficient (Wildman–Crippen LogP) is 4.65. The van der Waals surface area contributed by atoms with E-state index >= 15 is 0 Å². The first kappa shape index (κ1) is 24.8. The summed E-state index contributed by atoms with van der Waals surface area (Å²) in [7, 11) is 0. The lowest BCUT2D eigenvalue weighted by Gasteiger charge is -2.30. The van der Waals surface area contributed by atoms with Crippen LogP contribution in [0.25, 0.3) is 11.1 Å². The highest BCUT2D eigenvalue weighted by Gasteiger charge is 2.41. The van der Waals surface area contributed by atoms with Crippen LogP contribution >= 0.6 is 0 Å². The Kier molecular flexibility index (Phi) is 7.15. The summed E-state index contributed by atoms with van der Waals surface area (Å²) in [5, 5.41) is 12.2. The van der Waals surface area contributed by atoms with Crippen molar-refractivity contribution in [2.45, 2.75) is 52.0 Å². The van der Waals surface area contributed by atoms with E-state index in [1.165, 1.54) is 11.1 Å². The van der Waals surface area contributed by atoms with Gasteiger partial charge in [0.1, 0.15) is 6.61 Å². The minimum absolute atomic E-state index is 0.00828. The van der Waals surface area contributed by atoms with E-state index in [0.717, 1.165) is 11.1 Å². The fourth-order valence-electron chi connectivity index (χ4n) is 5.49. The molecule has 0 saturated carbocycles. The minimum Gasteiger partial charge on any atom is -0.481 e. The van der Waals surface area contributed by atoms with Gasteiger partial charge in [0, 0.05) is 31.5 Å². The predicted molar refractivity (Wildman–Crippen MR) is 133 cm³/mol. The molecule has 0 radical (unpaired) electrons. The maximum atomic E-state index is 13.0. The molecule has 1 saturated heterocycles. The maximum Gasteiger partial charge on any atom is 0.407 e. The van der Waals surface area contributed by atoms with Gasteiger partial charge in [0.05, 0.1) is 5.92 Å². The molecule has 7 heteroatoms. The number of hydrogen-bond acceptors (Lipinski definition) is 4. The first-order chi connectivity index (χ1) is 16.7. The van der Waals surface area contributed by atoms with Crippen molar-refractivity contribution < 1.29 is 24.2 Å². The van der Waals surface area contributed by atoms with Gasteiger partial charge >= 0.3 is 12.1 Å². The van der Waals surface area contributed by atoms with Gasteiger partial charge in [-0.25, -0.2) is 4.79 Å². The van der Waals surface area contributed by atoms with Crippen molar-refractivity contribution in [3.8, 4) is 11.1 Å². The summed E-state index contributed by atoms with van der Waals surface area (Å²) in [6.07, 6.45) is 0.810. The van der Waals surface area contributed by atoms with E-state index in [1.807, 2.05) is 45.0 Å². The monoisotopic (exact) mass is 478 g/mol. The Morgan fingerprint density at radius 2 is 1.66 bits per heavy atom. The SMILES string of the molecule is CCC1C(C(=O)O)CCN1C(=O)CC(C)(C)CNC(=O)OCC1c2ccccc2-c2ccccc21. The second-order valence-electron chi connectivity index (χ2n) is 10.3. The highest BCUT2D eigenvalue weighted by Crippen LogP contribution is 2.44. The maximum absolute atomic E-state index is 13.0. The van der Waals surface area contributed by atoms with Gasteiger partial charge in [0.15, 0.2) is 0 Å². The Hall–Kier alpha value is -3.35. The fraction of sp³-hybridized carbons (Fsp3) is 0.464. The zero-order valence-corrected chi connectivity index (χ0v) is 20.6. The summed E-state index contributed by atoms with van der Waals surface area (Å²) in [5.41, 5.74) is 4.16. The smallest absolute Gasteiger partial charge is 0.407 e. The second-order valence-corrected chi connectivity index (χ2v) is 10.3. The number of hydrogen-bond donors (Lipinski definition) is 2. The van der Waals surface area contributed by atoms with E-state index in [2.05, 4.69) is 29.6 Å². The van der Waals surface area contributed by atoms with E-state index in [1.54, 1.807) is 4.90 Å². The third-order valence-corrected chi connectivity index (χ3v) is 7.29. The van der Waals surface area contributed by atoms with Gasteiger partial charge in [-0.1, -0.05) is 69.3 Å². The Balaban J connectivity index is 1.30. The van der Waals surface area contributed by atoms with Crippen molar-refractivity contribution in [2.24, 2.45) is 11.3 Å². The third kappa shape index (κ3) is 5.19. The highest BCUT2D eigenvalue weighted by atomic mass is 16.5. The van der Waals surface area contributed by atoms with E-state index in [-0.39, 0.29) is 37.4 Å². The van der Waals surface area contributed by atoms with Crippen molar-refractivity contribution >= 4 is 18.0 Å². The number of carbonyl (C=O) groups is 3. The van der Waals surface area contributed by atoms with Crippen LogP contribution in [0.3, 0.4) is 0 Å². The quantitative estimate of drug-likeness (QED) is 0.576. The molecule has 4 rings (SSSR count).